The molecule has 1 aliphatic rings. The molecule has 1 fully saturated rings. The fourth-order valence-electron chi connectivity index (χ4n) is 2.86. The highest BCUT2D eigenvalue weighted by Gasteiger charge is 2.36. The summed E-state index contributed by atoms with van der Waals surface area (Å²) in [6, 6.07) is 4.65. The molecule has 0 bridgehead atoms. The number of alkyl halides is 4. The molecule has 1 heterocycles. The monoisotopic (exact) mass is 349 g/mol. The van der Waals surface area contributed by atoms with Gasteiger partial charge in [-0.25, -0.2) is 0 Å². The molecule has 1 atom stereocenters. The van der Waals surface area contributed by atoms with Crippen LogP contribution >= 0.6 is 15.9 Å². The first-order valence-corrected chi connectivity index (χ1v) is 8.09. The van der Waals surface area contributed by atoms with E-state index in [1.807, 2.05) is 4.90 Å². The van der Waals surface area contributed by atoms with Crippen LogP contribution in [0.25, 0.3) is 0 Å². The summed E-state index contributed by atoms with van der Waals surface area (Å²) in [6.07, 6.45) is -1.12. The van der Waals surface area contributed by atoms with Gasteiger partial charge in [-0.2, -0.15) is 13.2 Å². The van der Waals surface area contributed by atoms with Gasteiger partial charge in [-0.1, -0.05) is 35.3 Å². The van der Waals surface area contributed by atoms with Crippen molar-refractivity contribution in [2.24, 2.45) is 5.92 Å². The van der Waals surface area contributed by atoms with Crippen molar-refractivity contribution in [3.63, 3.8) is 0 Å². The molecular weight excluding hydrogens is 331 g/mol. The van der Waals surface area contributed by atoms with Crippen molar-refractivity contribution in [1.29, 1.82) is 0 Å². The molecule has 112 valence electrons. The number of anilines is 1. The van der Waals surface area contributed by atoms with Crippen LogP contribution in [-0.2, 0) is 11.5 Å². The van der Waals surface area contributed by atoms with E-state index < -0.39 is 11.7 Å². The molecule has 5 heteroatoms. The molecule has 0 amide bonds. The maximum Gasteiger partial charge on any atom is 0.418 e. The molecule has 1 nitrogen and oxygen atoms in total. The lowest BCUT2D eigenvalue weighted by Crippen LogP contribution is -2.23. The molecule has 2 rings (SSSR count). The van der Waals surface area contributed by atoms with Crippen molar-refractivity contribution in [1.82, 2.24) is 0 Å². The average molecular weight is 350 g/mol. The van der Waals surface area contributed by atoms with Crippen LogP contribution in [0.5, 0.6) is 0 Å². The lowest BCUT2D eigenvalue weighted by atomic mass is 10.0. The topological polar surface area (TPSA) is 3.24 Å². The van der Waals surface area contributed by atoms with Crippen LogP contribution in [0.4, 0.5) is 18.9 Å². The largest absolute Gasteiger partial charge is 0.418 e. The highest BCUT2D eigenvalue weighted by atomic mass is 79.9. The first-order valence-electron chi connectivity index (χ1n) is 6.96. The van der Waals surface area contributed by atoms with Crippen LogP contribution in [0.2, 0.25) is 0 Å². The lowest BCUT2D eigenvalue weighted by Gasteiger charge is -2.24. The molecule has 0 aliphatic carbocycles. The Morgan fingerprint density at radius 3 is 2.70 bits per heavy atom. The van der Waals surface area contributed by atoms with Gasteiger partial charge in [0.1, 0.15) is 0 Å². The smallest absolute Gasteiger partial charge is 0.371 e. The Morgan fingerprint density at radius 2 is 2.10 bits per heavy atom. The lowest BCUT2D eigenvalue weighted by molar-refractivity contribution is -0.137. The predicted molar refractivity (Wildman–Crippen MR) is 79.3 cm³/mol. The molecule has 1 aromatic carbocycles. The van der Waals surface area contributed by atoms with E-state index in [1.54, 1.807) is 12.1 Å². The molecule has 1 unspecified atom stereocenters. The Bertz CT molecular complexity index is 459. The maximum absolute atomic E-state index is 13.2. The Labute approximate surface area is 126 Å². The van der Waals surface area contributed by atoms with Gasteiger partial charge >= 0.3 is 6.18 Å². The summed E-state index contributed by atoms with van der Waals surface area (Å²) in [4.78, 5) is 1.89. The zero-order chi connectivity index (χ0) is 14.8. The van der Waals surface area contributed by atoms with E-state index in [0.29, 0.717) is 22.5 Å². The van der Waals surface area contributed by atoms with Gasteiger partial charge in [0, 0.05) is 24.1 Å². The zero-order valence-corrected chi connectivity index (χ0v) is 13.1. The Hall–Kier alpha value is -0.710. The first-order chi connectivity index (χ1) is 9.45. The molecule has 20 heavy (non-hydrogen) atoms. The van der Waals surface area contributed by atoms with Crippen molar-refractivity contribution in [2.75, 3.05) is 18.0 Å². The van der Waals surface area contributed by atoms with E-state index in [1.165, 1.54) is 6.07 Å². The van der Waals surface area contributed by atoms with Crippen LogP contribution in [0, 0.1) is 5.92 Å². The van der Waals surface area contributed by atoms with Crippen LogP contribution in [-0.4, -0.2) is 13.1 Å². The number of rotatable bonds is 4. The second-order valence-corrected chi connectivity index (χ2v) is 5.93. The van der Waals surface area contributed by atoms with Gasteiger partial charge in [0.25, 0.3) is 0 Å². The molecule has 1 aliphatic heterocycles. The third-order valence-corrected chi connectivity index (χ3v) is 4.49. The zero-order valence-electron chi connectivity index (χ0n) is 11.5. The molecule has 0 spiro atoms. The molecular formula is C15H19BrF3N. The maximum atomic E-state index is 13.2. The standard InChI is InChI=1S/C15H19BrF3N/c1-2-3-11-6-7-20(10-11)14-5-4-12(9-16)8-13(14)15(17,18)19/h4-5,8,11H,2-3,6-7,9-10H2,1H3. The molecule has 1 saturated heterocycles. The Morgan fingerprint density at radius 1 is 1.35 bits per heavy atom. The minimum atomic E-state index is -4.30. The van der Waals surface area contributed by atoms with Crippen molar-refractivity contribution in [3.05, 3.63) is 29.3 Å². The van der Waals surface area contributed by atoms with Crippen molar-refractivity contribution >= 4 is 21.6 Å². The van der Waals surface area contributed by atoms with E-state index in [9.17, 15) is 13.2 Å². The van der Waals surface area contributed by atoms with Gasteiger partial charge < -0.3 is 4.90 Å². The molecule has 0 N–H and O–H groups in total. The summed E-state index contributed by atoms with van der Waals surface area (Å²) in [6.45, 7) is 3.58. The van der Waals surface area contributed by atoms with E-state index in [4.69, 9.17) is 0 Å². The van der Waals surface area contributed by atoms with Gasteiger partial charge in [0.05, 0.1) is 5.56 Å². The van der Waals surface area contributed by atoms with Crippen LogP contribution in [0.1, 0.15) is 37.3 Å². The van der Waals surface area contributed by atoms with E-state index in [-0.39, 0.29) is 0 Å². The molecule has 0 saturated carbocycles. The summed E-state index contributed by atoms with van der Waals surface area (Å²) in [5.41, 5.74) is 0.484. The van der Waals surface area contributed by atoms with Crippen molar-refractivity contribution in [3.8, 4) is 0 Å². The van der Waals surface area contributed by atoms with E-state index in [0.717, 1.165) is 32.4 Å². The summed E-state index contributed by atoms with van der Waals surface area (Å²) < 4.78 is 39.7. The fraction of sp³-hybridized carbons (Fsp3) is 0.600. The predicted octanol–water partition coefficient (Wildman–Crippen LogP) is 5.23. The highest BCUT2D eigenvalue weighted by Crippen LogP contribution is 2.39. The average Bonchev–Trinajstić information content (AvgIpc) is 2.86. The fourth-order valence-corrected chi connectivity index (χ4v) is 3.21. The second kappa shape index (κ2) is 6.37. The van der Waals surface area contributed by atoms with E-state index in [2.05, 4.69) is 22.9 Å². The SMILES string of the molecule is CCCC1CCN(c2ccc(CBr)cc2C(F)(F)F)C1. The summed E-state index contributed by atoms with van der Waals surface area (Å²) >= 11 is 3.22. The van der Waals surface area contributed by atoms with Gasteiger partial charge in [-0.15, -0.1) is 0 Å². The number of benzene rings is 1. The first kappa shape index (κ1) is 15.7. The second-order valence-electron chi connectivity index (χ2n) is 5.37. The number of hydrogen-bond acceptors (Lipinski definition) is 1. The number of halogens is 4. The quantitative estimate of drug-likeness (QED) is 0.673. The van der Waals surface area contributed by atoms with Crippen molar-refractivity contribution in [2.45, 2.75) is 37.7 Å². The minimum Gasteiger partial charge on any atom is -0.371 e. The van der Waals surface area contributed by atoms with Crippen LogP contribution in [0.3, 0.4) is 0 Å². The van der Waals surface area contributed by atoms with Crippen LogP contribution < -0.4 is 4.90 Å². The van der Waals surface area contributed by atoms with E-state index >= 15 is 0 Å². The molecule has 0 aromatic heterocycles. The highest BCUT2D eigenvalue weighted by molar-refractivity contribution is 9.08. The van der Waals surface area contributed by atoms with Crippen LogP contribution in [0.15, 0.2) is 18.2 Å². The minimum absolute atomic E-state index is 0.334. The number of nitrogens with zero attached hydrogens (tertiary/aromatic N) is 1. The summed E-state index contributed by atoms with van der Waals surface area (Å²) in [5.74, 6) is 0.525. The van der Waals surface area contributed by atoms with Gasteiger partial charge in [0.15, 0.2) is 0 Å². The van der Waals surface area contributed by atoms with Gasteiger partial charge in [-0.3, -0.25) is 0 Å². The summed E-state index contributed by atoms with van der Waals surface area (Å²) in [7, 11) is 0. The third-order valence-electron chi connectivity index (χ3n) is 3.84. The Balaban J connectivity index is 2.27. The Kier molecular flexibility index (Phi) is 4.99. The molecule has 1 aromatic rings. The third kappa shape index (κ3) is 3.48. The summed E-state index contributed by atoms with van der Waals surface area (Å²) in [5, 5.41) is 0.439. The van der Waals surface area contributed by atoms with Crippen molar-refractivity contribution < 1.29 is 13.2 Å². The number of hydrogen-bond donors (Lipinski definition) is 0. The molecule has 0 radical (unpaired) electrons. The normalized spacial score (nSPS) is 19.6. The van der Waals surface area contributed by atoms with Gasteiger partial charge in [0.2, 0.25) is 0 Å². The van der Waals surface area contributed by atoms with Gasteiger partial charge in [-0.05, 0) is 36.5 Å².